The molecule has 134 valence electrons. The maximum absolute atomic E-state index is 10.9. The first-order chi connectivity index (χ1) is 12.5. The molecule has 0 aliphatic heterocycles. The number of benzene rings is 2. The summed E-state index contributed by atoms with van der Waals surface area (Å²) in [7, 11) is 2.11. The van der Waals surface area contributed by atoms with Gasteiger partial charge in [0.25, 0.3) is 5.69 Å². The topological polar surface area (TPSA) is 71.3 Å². The summed E-state index contributed by atoms with van der Waals surface area (Å²) in [6.07, 6.45) is 0. The van der Waals surface area contributed by atoms with E-state index < -0.39 is 4.92 Å². The Kier molecular flexibility index (Phi) is 5.43. The smallest absolute Gasteiger partial charge is 0.270 e. The normalized spacial score (nSPS) is 11.0. The van der Waals surface area contributed by atoms with Crippen molar-refractivity contribution in [3.8, 4) is 0 Å². The second-order valence-electron chi connectivity index (χ2n) is 6.33. The number of nitro groups is 1. The SMILES string of the molecule is CCN(C)Cc1cccc(CNc2ccc3cc([N+](=O)[O-])ccc3n2)c1. The predicted octanol–water partition coefficient (Wildman–Crippen LogP) is 4.21. The zero-order valence-electron chi connectivity index (χ0n) is 15.0. The summed E-state index contributed by atoms with van der Waals surface area (Å²) < 4.78 is 0. The number of nitrogens with one attached hydrogen (secondary N) is 1. The quantitative estimate of drug-likeness (QED) is 0.510. The number of hydrogen-bond acceptors (Lipinski definition) is 5. The zero-order valence-corrected chi connectivity index (χ0v) is 15.0. The van der Waals surface area contributed by atoms with E-state index in [0.717, 1.165) is 29.8 Å². The van der Waals surface area contributed by atoms with Gasteiger partial charge < -0.3 is 10.2 Å². The number of rotatable bonds is 7. The van der Waals surface area contributed by atoms with Crippen LogP contribution in [-0.2, 0) is 13.1 Å². The van der Waals surface area contributed by atoms with E-state index in [9.17, 15) is 10.1 Å². The minimum absolute atomic E-state index is 0.0777. The van der Waals surface area contributed by atoms with Crippen LogP contribution in [0.1, 0.15) is 18.1 Å². The molecule has 6 nitrogen and oxygen atoms in total. The van der Waals surface area contributed by atoms with Crippen molar-refractivity contribution in [2.75, 3.05) is 18.9 Å². The molecular formula is C20H22N4O2. The summed E-state index contributed by atoms with van der Waals surface area (Å²) in [6.45, 7) is 4.76. The Hall–Kier alpha value is -2.99. The first kappa shape index (κ1) is 17.8. The first-order valence-corrected chi connectivity index (χ1v) is 8.60. The molecule has 1 aromatic heterocycles. The molecule has 3 aromatic rings. The van der Waals surface area contributed by atoms with E-state index in [4.69, 9.17) is 0 Å². The number of aromatic nitrogens is 1. The average molecular weight is 350 g/mol. The van der Waals surface area contributed by atoms with E-state index in [-0.39, 0.29) is 5.69 Å². The summed E-state index contributed by atoms with van der Waals surface area (Å²) in [6, 6.07) is 16.9. The van der Waals surface area contributed by atoms with Gasteiger partial charge in [-0.05, 0) is 42.9 Å². The maximum atomic E-state index is 10.9. The van der Waals surface area contributed by atoms with Gasteiger partial charge in [-0.3, -0.25) is 10.1 Å². The molecule has 2 aromatic carbocycles. The molecule has 0 aliphatic carbocycles. The van der Waals surface area contributed by atoms with Crippen molar-refractivity contribution in [3.63, 3.8) is 0 Å². The van der Waals surface area contributed by atoms with Gasteiger partial charge in [-0.25, -0.2) is 4.98 Å². The number of fused-ring (bicyclic) bond motifs is 1. The molecule has 26 heavy (non-hydrogen) atoms. The third-order valence-electron chi connectivity index (χ3n) is 4.34. The summed E-state index contributed by atoms with van der Waals surface area (Å²) in [5.74, 6) is 0.752. The van der Waals surface area contributed by atoms with Gasteiger partial charge in [0.2, 0.25) is 0 Å². The molecule has 0 unspecified atom stereocenters. The summed E-state index contributed by atoms with van der Waals surface area (Å²) in [4.78, 5) is 17.3. The van der Waals surface area contributed by atoms with E-state index in [1.165, 1.54) is 17.2 Å². The van der Waals surface area contributed by atoms with Crippen LogP contribution < -0.4 is 5.32 Å². The van der Waals surface area contributed by atoms with Crippen LogP contribution in [0, 0.1) is 10.1 Å². The molecule has 1 N–H and O–H groups in total. The molecular weight excluding hydrogens is 328 g/mol. The maximum Gasteiger partial charge on any atom is 0.270 e. The highest BCUT2D eigenvalue weighted by molar-refractivity contribution is 5.82. The van der Waals surface area contributed by atoms with Crippen molar-refractivity contribution in [1.82, 2.24) is 9.88 Å². The second-order valence-corrected chi connectivity index (χ2v) is 6.33. The zero-order chi connectivity index (χ0) is 18.5. The van der Waals surface area contributed by atoms with Crippen LogP contribution in [0.2, 0.25) is 0 Å². The summed E-state index contributed by atoms with van der Waals surface area (Å²) >= 11 is 0. The fraction of sp³-hybridized carbons (Fsp3) is 0.250. The van der Waals surface area contributed by atoms with E-state index >= 15 is 0 Å². The van der Waals surface area contributed by atoms with Crippen LogP contribution in [-0.4, -0.2) is 28.4 Å². The lowest BCUT2D eigenvalue weighted by atomic mass is 10.1. The lowest BCUT2D eigenvalue weighted by Gasteiger charge is -2.14. The van der Waals surface area contributed by atoms with Crippen LogP contribution in [0.15, 0.2) is 54.6 Å². The van der Waals surface area contributed by atoms with Crippen LogP contribution >= 0.6 is 0 Å². The van der Waals surface area contributed by atoms with Crippen molar-refractivity contribution in [2.24, 2.45) is 0 Å². The van der Waals surface area contributed by atoms with E-state index in [0.29, 0.717) is 6.54 Å². The molecule has 3 rings (SSSR count). The van der Waals surface area contributed by atoms with Gasteiger partial charge in [0.1, 0.15) is 5.82 Å². The second kappa shape index (κ2) is 7.93. The Bertz CT molecular complexity index is 927. The van der Waals surface area contributed by atoms with Crippen LogP contribution in [0.5, 0.6) is 0 Å². The molecule has 0 bridgehead atoms. The highest BCUT2D eigenvalue weighted by Gasteiger charge is 2.07. The molecule has 0 atom stereocenters. The summed E-state index contributed by atoms with van der Waals surface area (Å²) in [5, 5.41) is 14.9. The predicted molar refractivity (Wildman–Crippen MR) is 104 cm³/mol. The van der Waals surface area contributed by atoms with Crippen LogP contribution in [0.4, 0.5) is 11.5 Å². The largest absolute Gasteiger partial charge is 0.366 e. The van der Waals surface area contributed by atoms with Gasteiger partial charge in [-0.2, -0.15) is 0 Å². The Balaban J connectivity index is 1.70. The number of anilines is 1. The fourth-order valence-corrected chi connectivity index (χ4v) is 2.78. The minimum atomic E-state index is -0.394. The monoisotopic (exact) mass is 350 g/mol. The lowest BCUT2D eigenvalue weighted by Crippen LogP contribution is -2.16. The minimum Gasteiger partial charge on any atom is -0.366 e. The van der Waals surface area contributed by atoms with Crippen molar-refractivity contribution < 1.29 is 4.92 Å². The standard InChI is InChI=1S/C20H22N4O2/c1-3-23(2)14-16-6-4-5-15(11-16)13-21-20-10-7-17-12-18(24(25)26)8-9-19(17)22-20/h4-12H,3,13-14H2,1-2H3,(H,21,22). The van der Waals surface area contributed by atoms with Gasteiger partial charge in [-0.1, -0.05) is 31.2 Å². The van der Waals surface area contributed by atoms with Gasteiger partial charge >= 0.3 is 0 Å². The lowest BCUT2D eigenvalue weighted by molar-refractivity contribution is -0.384. The van der Waals surface area contributed by atoms with Gasteiger partial charge in [0.15, 0.2) is 0 Å². The Morgan fingerprint density at radius 2 is 1.92 bits per heavy atom. The number of non-ortho nitro benzene ring substituents is 1. The number of pyridine rings is 1. The van der Waals surface area contributed by atoms with Crippen molar-refractivity contribution in [1.29, 1.82) is 0 Å². The highest BCUT2D eigenvalue weighted by atomic mass is 16.6. The molecule has 0 aliphatic rings. The fourth-order valence-electron chi connectivity index (χ4n) is 2.78. The van der Waals surface area contributed by atoms with E-state index in [1.807, 2.05) is 12.1 Å². The average Bonchev–Trinajstić information content (AvgIpc) is 2.66. The Morgan fingerprint density at radius 1 is 1.12 bits per heavy atom. The third kappa shape index (κ3) is 4.34. The van der Waals surface area contributed by atoms with Crippen LogP contribution in [0.25, 0.3) is 10.9 Å². The van der Waals surface area contributed by atoms with Gasteiger partial charge in [-0.15, -0.1) is 0 Å². The van der Waals surface area contributed by atoms with Gasteiger partial charge in [0, 0.05) is 30.6 Å². The van der Waals surface area contributed by atoms with Gasteiger partial charge in [0.05, 0.1) is 10.4 Å². The molecule has 0 amide bonds. The molecule has 0 saturated carbocycles. The number of hydrogen-bond donors (Lipinski definition) is 1. The Labute approximate surface area is 152 Å². The number of nitro benzene ring substituents is 1. The summed E-state index contributed by atoms with van der Waals surface area (Å²) in [5.41, 5.74) is 3.29. The Morgan fingerprint density at radius 3 is 2.69 bits per heavy atom. The van der Waals surface area contributed by atoms with Crippen molar-refractivity contribution >= 4 is 22.4 Å². The molecule has 0 saturated heterocycles. The first-order valence-electron chi connectivity index (χ1n) is 8.60. The molecule has 0 radical (unpaired) electrons. The molecule has 1 heterocycles. The number of nitrogens with zero attached hydrogens (tertiary/aromatic N) is 3. The van der Waals surface area contributed by atoms with E-state index in [1.54, 1.807) is 12.1 Å². The van der Waals surface area contributed by atoms with Crippen molar-refractivity contribution in [2.45, 2.75) is 20.0 Å². The molecule has 0 fully saturated rings. The van der Waals surface area contributed by atoms with E-state index in [2.05, 4.69) is 53.4 Å². The van der Waals surface area contributed by atoms with Crippen LogP contribution in [0.3, 0.4) is 0 Å². The van der Waals surface area contributed by atoms with Crippen molar-refractivity contribution in [3.05, 3.63) is 75.8 Å². The molecule has 6 heteroatoms. The highest BCUT2D eigenvalue weighted by Crippen LogP contribution is 2.21. The third-order valence-corrected chi connectivity index (χ3v) is 4.34. The molecule has 0 spiro atoms.